The van der Waals surface area contributed by atoms with Crippen LogP contribution in [0, 0.1) is 5.82 Å². The Balaban J connectivity index is 1.37. The van der Waals surface area contributed by atoms with Gasteiger partial charge in [0.15, 0.2) is 0 Å². The normalized spacial score (nSPS) is 22.9. The van der Waals surface area contributed by atoms with E-state index in [-0.39, 0.29) is 11.2 Å². The van der Waals surface area contributed by atoms with E-state index < -0.39 is 42.9 Å². The fraction of sp³-hybridized carbons (Fsp3) is 0.486. The van der Waals surface area contributed by atoms with Crippen LogP contribution in [0.5, 0.6) is 5.75 Å². The highest BCUT2D eigenvalue weighted by Crippen LogP contribution is 2.47. The molecule has 45 heavy (non-hydrogen) atoms. The fourth-order valence-corrected chi connectivity index (χ4v) is 7.22. The molecule has 6 nitrogen and oxygen atoms in total. The van der Waals surface area contributed by atoms with E-state index in [1.54, 1.807) is 11.3 Å². The van der Waals surface area contributed by atoms with E-state index in [0.717, 1.165) is 26.9 Å². The SMILES string of the molecule is CC(C)(C)c1ccc(C2Oc3cc(B4OC(C)(C)C(C)(C)O4)cc(F)c3-c3cc4cc(B5OC(C)(C)C(C)(C)O5)ccc4n32)s1. The highest BCUT2D eigenvalue weighted by Gasteiger charge is 2.53. The monoisotopic (exact) mass is 629 g/mol. The second-order valence-corrected chi connectivity index (χ2v) is 16.8. The Kier molecular flexibility index (Phi) is 6.69. The third kappa shape index (κ3) is 4.82. The zero-order valence-electron chi connectivity index (χ0n) is 28.1. The van der Waals surface area contributed by atoms with Crippen molar-refractivity contribution in [2.75, 3.05) is 0 Å². The summed E-state index contributed by atoms with van der Waals surface area (Å²) in [5.41, 5.74) is 1.63. The summed E-state index contributed by atoms with van der Waals surface area (Å²) in [5, 5.41) is 0.959. The minimum Gasteiger partial charge on any atom is -0.464 e. The highest BCUT2D eigenvalue weighted by atomic mass is 32.1. The summed E-state index contributed by atoms with van der Waals surface area (Å²) in [6.07, 6.45) is -0.484. The van der Waals surface area contributed by atoms with Gasteiger partial charge >= 0.3 is 14.2 Å². The van der Waals surface area contributed by atoms with Gasteiger partial charge in [-0.2, -0.15) is 0 Å². The first-order chi connectivity index (χ1) is 20.8. The Hall–Kier alpha value is -2.62. The van der Waals surface area contributed by atoms with Crippen molar-refractivity contribution >= 4 is 47.4 Å². The number of hydrogen-bond donors (Lipinski definition) is 0. The van der Waals surface area contributed by atoms with Gasteiger partial charge in [0.1, 0.15) is 11.6 Å². The second-order valence-electron chi connectivity index (χ2n) is 15.7. The van der Waals surface area contributed by atoms with Gasteiger partial charge in [0.25, 0.3) is 0 Å². The lowest BCUT2D eigenvalue weighted by atomic mass is 9.78. The topological polar surface area (TPSA) is 51.1 Å². The van der Waals surface area contributed by atoms with E-state index in [1.165, 1.54) is 10.9 Å². The van der Waals surface area contributed by atoms with E-state index in [4.69, 9.17) is 23.4 Å². The van der Waals surface area contributed by atoms with E-state index in [9.17, 15) is 0 Å². The Bertz CT molecular complexity index is 1800. The first-order valence-corrected chi connectivity index (χ1v) is 16.6. The van der Waals surface area contributed by atoms with Crippen LogP contribution in [0.15, 0.2) is 48.5 Å². The van der Waals surface area contributed by atoms with Gasteiger partial charge < -0.3 is 23.4 Å². The van der Waals surface area contributed by atoms with Gasteiger partial charge in [-0.3, -0.25) is 4.57 Å². The molecule has 2 aromatic heterocycles. The van der Waals surface area contributed by atoms with Crippen LogP contribution in [0.1, 0.15) is 92.1 Å². The standard InChI is InChI=1S/C35H42B2FNO5S/c1-31(2,3)28-15-14-27(45-28)30-39-24-13-12-21(36-41-32(4,5)33(6,7)42-36)16-20(24)17-25(39)29-23(38)18-22(19-26(29)40-30)37-43-34(8,9)35(10,11)44-37/h12-19,30H,1-11H3. The number of aromatic nitrogens is 1. The molecule has 2 saturated heterocycles. The van der Waals surface area contributed by atoms with Gasteiger partial charge in [-0.25, -0.2) is 4.39 Å². The number of thiophene rings is 1. The molecule has 1 atom stereocenters. The molecule has 3 aliphatic rings. The molecule has 0 radical (unpaired) electrons. The Morgan fingerprint density at radius 1 is 0.733 bits per heavy atom. The number of fused-ring (bicyclic) bond motifs is 5. The van der Waals surface area contributed by atoms with Crippen LogP contribution in [0.3, 0.4) is 0 Å². The minimum absolute atomic E-state index is 0.00908. The number of benzene rings is 2. The fourth-order valence-electron chi connectivity index (χ4n) is 6.13. The van der Waals surface area contributed by atoms with Crippen molar-refractivity contribution < 1.29 is 27.7 Å². The molecule has 0 aliphatic carbocycles. The third-order valence-corrected chi connectivity index (χ3v) is 11.9. The second kappa shape index (κ2) is 9.71. The number of rotatable bonds is 3. The van der Waals surface area contributed by atoms with Crippen LogP contribution in [-0.2, 0) is 24.0 Å². The predicted octanol–water partition coefficient (Wildman–Crippen LogP) is 7.34. The van der Waals surface area contributed by atoms with Gasteiger partial charge in [0, 0.05) is 10.3 Å². The summed E-state index contributed by atoms with van der Waals surface area (Å²) < 4.78 is 50.5. The van der Waals surface area contributed by atoms with Gasteiger partial charge in [-0.05, 0) is 108 Å². The molecule has 1 unspecified atom stereocenters. The number of ether oxygens (including phenoxy) is 1. The van der Waals surface area contributed by atoms with Crippen molar-refractivity contribution in [2.45, 2.75) is 110 Å². The average Bonchev–Trinajstić information content (AvgIpc) is 3.65. The molecule has 5 heterocycles. The zero-order chi connectivity index (χ0) is 32.5. The molecule has 0 amide bonds. The molecule has 4 aromatic rings. The predicted molar refractivity (Wildman–Crippen MR) is 181 cm³/mol. The summed E-state index contributed by atoms with van der Waals surface area (Å²) >= 11 is 1.72. The van der Waals surface area contributed by atoms with Crippen LogP contribution in [0.2, 0.25) is 0 Å². The molecule has 10 heteroatoms. The molecule has 236 valence electrons. The number of hydrogen-bond acceptors (Lipinski definition) is 6. The van der Waals surface area contributed by atoms with E-state index in [0.29, 0.717) is 16.8 Å². The van der Waals surface area contributed by atoms with Crippen LogP contribution >= 0.6 is 11.3 Å². The van der Waals surface area contributed by atoms with Crippen molar-refractivity contribution in [3.8, 4) is 17.0 Å². The largest absolute Gasteiger partial charge is 0.495 e. The maximum atomic E-state index is 16.3. The van der Waals surface area contributed by atoms with E-state index in [1.807, 2.05) is 45.9 Å². The summed E-state index contributed by atoms with van der Waals surface area (Å²) in [6, 6.07) is 15.9. The maximum Gasteiger partial charge on any atom is 0.495 e. The molecule has 0 N–H and O–H groups in total. The van der Waals surface area contributed by atoms with Crippen molar-refractivity contribution in [3.63, 3.8) is 0 Å². The van der Waals surface area contributed by atoms with E-state index in [2.05, 4.69) is 77.3 Å². The van der Waals surface area contributed by atoms with Crippen molar-refractivity contribution in [1.29, 1.82) is 0 Å². The first kappa shape index (κ1) is 31.0. The number of nitrogens with zero attached hydrogens (tertiary/aromatic N) is 1. The zero-order valence-corrected chi connectivity index (χ0v) is 28.9. The Labute approximate surface area is 270 Å². The lowest BCUT2D eigenvalue weighted by Crippen LogP contribution is -2.41. The molecule has 0 saturated carbocycles. The molecule has 2 aromatic carbocycles. The Morgan fingerprint density at radius 2 is 1.31 bits per heavy atom. The summed E-state index contributed by atoms with van der Waals surface area (Å²) in [6.45, 7) is 22.8. The molecule has 0 spiro atoms. The van der Waals surface area contributed by atoms with Gasteiger partial charge in [-0.1, -0.05) is 32.9 Å². The molecular weight excluding hydrogens is 587 g/mol. The summed E-state index contributed by atoms with van der Waals surface area (Å²) in [4.78, 5) is 2.30. The smallest absolute Gasteiger partial charge is 0.464 e. The number of halogens is 1. The molecule has 2 fully saturated rings. The van der Waals surface area contributed by atoms with Crippen molar-refractivity contribution in [1.82, 2.24) is 4.57 Å². The van der Waals surface area contributed by atoms with Crippen LogP contribution in [0.4, 0.5) is 4.39 Å². The van der Waals surface area contributed by atoms with Gasteiger partial charge in [0.05, 0.1) is 44.1 Å². The van der Waals surface area contributed by atoms with Crippen molar-refractivity contribution in [2.24, 2.45) is 0 Å². The van der Waals surface area contributed by atoms with Crippen LogP contribution in [0.25, 0.3) is 22.2 Å². The minimum atomic E-state index is -0.707. The molecule has 0 bridgehead atoms. The van der Waals surface area contributed by atoms with Gasteiger partial charge in [-0.15, -0.1) is 11.3 Å². The van der Waals surface area contributed by atoms with E-state index >= 15 is 4.39 Å². The maximum absolute atomic E-state index is 16.3. The van der Waals surface area contributed by atoms with Crippen LogP contribution < -0.4 is 15.7 Å². The van der Waals surface area contributed by atoms with Gasteiger partial charge in [0.2, 0.25) is 6.23 Å². The lowest BCUT2D eigenvalue weighted by molar-refractivity contribution is 0.00578. The molecular formula is C35H42B2FNO5S. The summed E-state index contributed by atoms with van der Waals surface area (Å²) in [7, 11) is -1.21. The average molecular weight is 629 g/mol. The third-order valence-electron chi connectivity index (χ3n) is 10.3. The summed E-state index contributed by atoms with van der Waals surface area (Å²) in [5.74, 6) is 0.0874. The lowest BCUT2D eigenvalue weighted by Gasteiger charge is -2.32. The Morgan fingerprint density at radius 3 is 1.87 bits per heavy atom. The highest BCUT2D eigenvalue weighted by molar-refractivity contribution is 7.12. The first-order valence-electron chi connectivity index (χ1n) is 15.7. The van der Waals surface area contributed by atoms with Crippen LogP contribution in [-0.4, -0.2) is 41.2 Å². The molecule has 3 aliphatic heterocycles. The quantitative estimate of drug-likeness (QED) is 0.222. The van der Waals surface area contributed by atoms with Crippen molar-refractivity contribution in [3.05, 3.63) is 64.1 Å². The molecule has 7 rings (SSSR count).